The average molecular weight is 439 g/mol. The number of fused-ring (bicyclic) bond motifs is 1. The zero-order valence-electron chi connectivity index (χ0n) is 11.1. The topological polar surface area (TPSA) is 63.5 Å². The fourth-order valence-corrected chi connectivity index (χ4v) is 3.76. The fraction of sp³-hybridized carbons (Fsp3) is 0. The zero-order chi connectivity index (χ0) is 16.8. The molecule has 1 N–H and O–H groups in total. The molecule has 0 radical (unpaired) electrons. The van der Waals surface area contributed by atoms with E-state index in [1.807, 2.05) is 0 Å². The molecule has 120 valence electrons. The predicted molar refractivity (Wildman–Crippen MR) is 90.1 cm³/mol. The number of hydrogen-bond donors (Lipinski definition) is 1. The normalized spacial score (nSPS) is 11.8. The van der Waals surface area contributed by atoms with Gasteiger partial charge in [-0.25, -0.2) is 17.3 Å². The van der Waals surface area contributed by atoms with Crippen LogP contribution in [0.5, 0.6) is 0 Å². The smallest absolute Gasteiger partial charge is 0.265 e. The van der Waals surface area contributed by atoms with E-state index in [-0.39, 0.29) is 15.6 Å². The van der Waals surface area contributed by atoms with Gasteiger partial charge in [0, 0.05) is 10.7 Å². The zero-order valence-corrected chi connectivity index (χ0v) is 15.0. The molecule has 0 bridgehead atoms. The van der Waals surface area contributed by atoms with Gasteiger partial charge < -0.3 is 0 Å². The highest BCUT2D eigenvalue weighted by Gasteiger charge is 2.22. The standard InChI is InChI=1S/C13H7BrCl2FN3O2S/c14-8-3-10(17)11(4-9(8)16)19-23(21,22)13-5-18-20-6-7(15)1-2-12(13)20/h1-6,19H. The molecule has 0 aliphatic heterocycles. The SMILES string of the molecule is O=S(=O)(Nc1cc(Cl)c(Br)cc1F)c1cnn2cc(Cl)ccc12. The van der Waals surface area contributed by atoms with Crippen LogP contribution in [-0.4, -0.2) is 18.0 Å². The number of nitrogens with zero attached hydrogens (tertiary/aromatic N) is 2. The monoisotopic (exact) mass is 437 g/mol. The molecule has 0 atom stereocenters. The van der Waals surface area contributed by atoms with E-state index in [1.54, 1.807) is 0 Å². The van der Waals surface area contributed by atoms with Gasteiger partial charge in [0.25, 0.3) is 10.0 Å². The van der Waals surface area contributed by atoms with Gasteiger partial charge in [0.05, 0.1) is 27.4 Å². The summed E-state index contributed by atoms with van der Waals surface area (Å²) in [6.07, 6.45) is 2.62. The lowest BCUT2D eigenvalue weighted by atomic mass is 10.3. The Morgan fingerprint density at radius 3 is 2.74 bits per heavy atom. The number of aromatic nitrogens is 2. The highest BCUT2D eigenvalue weighted by atomic mass is 79.9. The maximum atomic E-state index is 13.9. The first kappa shape index (κ1) is 16.5. The molecule has 0 aliphatic carbocycles. The highest BCUT2D eigenvalue weighted by molar-refractivity contribution is 9.10. The van der Waals surface area contributed by atoms with Crippen molar-refractivity contribution >= 4 is 60.4 Å². The number of benzene rings is 1. The number of anilines is 1. The van der Waals surface area contributed by atoms with E-state index in [9.17, 15) is 12.8 Å². The second-order valence-corrected chi connectivity index (χ2v) is 7.89. The summed E-state index contributed by atoms with van der Waals surface area (Å²) in [6, 6.07) is 5.31. The molecule has 23 heavy (non-hydrogen) atoms. The molecule has 2 aromatic heterocycles. The summed E-state index contributed by atoms with van der Waals surface area (Å²) < 4.78 is 42.7. The Kier molecular flexibility index (Phi) is 4.26. The first-order valence-electron chi connectivity index (χ1n) is 6.08. The van der Waals surface area contributed by atoms with Crippen LogP contribution in [0.4, 0.5) is 10.1 Å². The Morgan fingerprint density at radius 1 is 1.26 bits per heavy atom. The Hall–Kier alpha value is -1.35. The van der Waals surface area contributed by atoms with Gasteiger partial charge in [-0.15, -0.1) is 0 Å². The minimum Gasteiger partial charge on any atom is -0.276 e. The molecule has 0 saturated carbocycles. The van der Waals surface area contributed by atoms with Gasteiger partial charge in [0.2, 0.25) is 0 Å². The summed E-state index contributed by atoms with van der Waals surface area (Å²) in [5.74, 6) is -0.760. The summed E-state index contributed by atoms with van der Waals surface area (Å²) in [5.41, 5.74) is 0.0528. The summed E-state index contributed by atoms with van der Waals surface area (Å²) in [7, 11) is -4.05. The molecule has 2 heterocycles. The molecule has 3 rings (SSSR count). The van der Waals surface area contributed by atoms with Crippen molar-refractivity contribution in [2.24, 2.45) is 0 Å². The van der Waals surface area contributed by atoms with Crippen molar-refractivity contribution in [1.29, 1.82) is 0 Å². The van der Waals surface area contributed by atoms with Crippen LogP contribution in [0.25, 0.3) is 5.52 Å². The molecule has 5 nitrogen and oxygen atoms in total. The van der Waals surface area contributed by atoms with E-state index < -0.39 is 15.8 Å². The van der Waals surface area contributed by atoms with Crippen molar-refractivity contribution in [2.75, 3.05) is 4.72 Å². The molecule has 0 spiro atoms. The summed E-state index contributed by atoms with van der Waals surface area (Å²) in [4.78, 5) is -0.104. The van der Waals surface area contributed by atoms with Gasteiger partial charge in [-0.1, -0.05) is 23.2 Å². The minimum absolute atomic E-state index is 0.104. The lowest BCUT2D eigenvalue weighted by Gasteiger charge is -2.09. The Balaban J connectivity index is 2.06. The van der Waals surface area contributed by atoms with Gasteiger partial charge >= 0.3 is 0 Å². The predicted octanol–water partition coefficient (Wildman–Crippen LogP) is 4.34. The summed E-state index contributed by atoms with van der Waals surface area (Å²) in [6.45, 7) is 0. The maximum Gasteiger partial charge on any atom is 0.265 e. The molecular formula is C13H7BrCl2FN3O2S. The third-order valence-electron chi connectivity index (χ3n) is 2.99. The van der Waals surface area contributed by atoms with E-state index >= 15 is 0 Å². The van der Waals surface area contributed by atoms with Crippen molar-refractivity contribution in [1.82, 2.24) is 9.61 Å². The van der Waals surface area contributed by atoms with E-state index in [0.717, 1.165) is 12.3 Å². The number of nitrogens with one attached hydrogen (secondary N) is 1. The van der Waals surface area contributed by atoms with Gasteiger partial charge in [-0.3, -0.25) is 4.72 Å². The number of rotatable bonds is 3. The minimum atomic E-state index is -4.05. The van der Waals surface area contributed by atoms with Crippen molar-refractivity contribution in [3.05, 3.63) is 57.0 Å². The number of pyridine rings is 1. The third-order valence-corrected chi connectivity index (χ3v) is 5.79. The van der Waals surface area contributed by atoms with Crippen LogP contribution in [0.1, 0.15) is 0 Å². The number of halogens is 4. The number of hydrogen-bond acceptors (Lipinski definition) is 3. The first-order chi connectivity index (χ1) is 10.8. The van der Waals surface area contributed by atoms with E-state index in [0.29, 0.717) is 15.0 Å². The molecule has 3 aromatic rings. The van der Waals surface area contributed by atoms with E-state index in [2.05, 4.69) is 25.8 Å². The van der Waals surface area contributed by atoms with Crippen molar-refractivity contribution in [3.63, 3.8) is 0 Å². The van der Waals surface area contributed by atoms with Gasteiger partial charge in [0.15, 0.2) is 0 Å². The second-order valence-electron chi connectivity index (χ2n) is 4.54. The average Bonchev–Trinajstić information content (AvgIpc) is 2.88. The van der Waals surface area contributed by atoms with Crippen LogP contribution in [-0.2, 0) is 10.0 Å². The molecular weight excluding hydrogens is 432 g/mol. The molecule has 0 aliphatic rings. The van der Waals surface area contributed by atoms with Crippen molar-refractivity contribution in [3.8, 4) is 0 Å². The molecule has 10 heteroatoms. The lowest BCUT2D eigenvalue weighted by Crippen LogP contribution is -2.14. The molecule has 1 aromatic carbocycles. The van der Waals surface area contributed by atoms with Crippen LogP contribution in [0.2, 0.25) is 10.0 Å². The fourth-order valence-electron chi connectivity index (χ4n) is 1.94. The molecule has 0 amide bonds. The summed E-state index contributed by atoms with van der Waals surface area (Å²) >= 11 is 14.8. The van der Waals surface area contributed by atoms with Crippen LogP contribution in [0.3, 0.4) is 0 Å². The van der Waals surface area contributed by atoms with Crippen LogP contribution in [0, 0.1) is 5.82 Å². The maximum absolute atomic E-state index is 13.9. The van der Waals surface area contributed by atoms with E-state index in [1.165, 1.54) is 28.9 Å². The van der Waals surface area contributed by atoms with Gasteiger partial charge in [-0.2, -0.15) is 5.10 Å². The molecule has 0 unspecified atom stereocenters. The number of sulfonamides is 1. The Labute approximate surface area is 149 Å². The molecule has 0 saturated heterocycles. The highest BCUT2D eigenvalue weighted by Crippen LogP contribution is 2.30. The summed E-state index contributed by atoms with van der Waals surface area (Å²) in [5, 5.41) is 4.51. The van der Waals surface area contributed by atoms with Crippen LogP contribution in [0.15, 0.2) is 46.0 Å². The van der Waals surface area contributed by atoms with Crippen molar-refractivity contribution < 1.29 is 12.8 Å². The molecule has 0 fully saturated rings. The Morgan fingerprint density at radius 2 is 2.00 bits per heavy atom. The largest absolute Gasteiger partial charge is 0.276 e. The van der Waals surface area contributed by atoms with Crippen LogP contribution >= 0.6 is 39.1 Å². The van der Waals surface area contributed by atoms with E-state index in [4.69, 9.17) is 23.2 Å². The van der Waals surface area contributed by atoms with Crippen LogP contribution < -0.4 is 4.72 Å². The van der Waals surface area contributed by atoms with Crippen molar-refractivity contribution in [2.45, 2.75) is 4.90 Å². The second kappa shape index (κ2) is 5.94. The van der Waals surface area contributed by atoms with Gasteiger partial charge in [0.1, 0.15) is 10.7 Å². The quantitative estimate of drug-likeness (QED) is 0.618. The third kappa shape index (κ3) is 3.16. The Bertz CT molecular complexity index is 1020. The lowest BCUT2D eigenvalue weighted by molar-refractivity contribution is 0.599. The first-order valence-corrected chi connectivity index (χ1v) is 9.11. The van der Waals surface area contributed by atoms with Gasteiger partial charge in [-0.05, 0) is 40.2 Å².